The lowest BCUT2D eigenvalue weighted by molar-refractivity contribution is 0.664. The number of para-hydroxylation sites is 2. The highest BCUT2D eigenvalue weighted by atomic mass is 16.3. The van der Waals surface area contributed by atoms with Gasteiger partial charge < -0.3 is 8.83 Å². The molecule has 0 aliphatic heterocycles. The predicted octanol–water partition coefficient (Wildman–Crippen LogP) is 12.7. The Morgan fingerprint density at radius 2 is 1.23 bits per heavy atom. The average molecular weight is 625 g/mol. The van der Waals surface area contributed by atoms with E-state index >= 15 is 0 Å². The summed E-state index contributed by atoms with van der Waals surface area (Å²) in [4.78, 5) is 5.37. The lowest BCUT2D eigenvalue weighted by Crippen LogP contribution is -2.09. The molecule has 4 nitrogen and oxygen atoms in total. The fourth-order valence-electron chi connectivity index (χ4n) is 7.40. The van der Waals surface area contributed by atoms with Crippen LogP contribution in [0.4, 0.5) is 0 Å². The van der Waals surface area contributed by atoms with E-state index in [0.717, 1.165) is 66.3 Å². The quantitative estimate of drug-likeness (QED) is 0.191. The van der Waals surface area contributed by atoms with Gasteiger partial charge in [0.05, 0.1) is 22.3 Å². The lowest BCUT2D eigenvalue weighted by Gasteiger charge is -2.24. The molecular formula is C44H36N2O2. The summed E-state index contributed by atoms with van der Waals surface area (Å²) in [6, 6.07) is 40.9. The number of nitrogens with zero attached hydrogens (tertiary/aromatic N) is 2. The van der Waals surface area contributed by atoms with Gasteiger partial charge in [-0.1, -0.05) is 94.4 Å². The summed E-state index contributed by atoms with van der Waals surface area (Å²) in [6.07, 6.45) is 0. The summed E-state index contributed by atoms with van der Waals surface area (Å²) >= 11 is 0. The van der Waals surface area contributed by atoms with Crippen LogP contribution in [0.2, 0.25) is 0 Å². The molecule has 0 amide bonds. The molecule has 234 valence electrons. The second-order valence-corrected chi connectivity index (χ2v) is 13.7. The maximum Gasteiger partial charge on any atom is 0.149 e. The minimum Gasteiger partial charge on any atom is -0.456 e. The highest BCUT2D eigenvalue weighted by Gasteiger charge is 2.26. The molecule has 0 atom stereocenters. The van der Waals surface area contributed by atoms with Gasteiger partial charge in [0, 0.05) is 21.5 Å². The van der Waals surface area contributed by atoms with Crippen LogP contribution in [0.25, 0.3) is 83.1 Å². The molecule has 0 saturated heterocycles. The van der Waals surface area contributed by atoms with Gasteiger partial charge in [-0.25, -0.2) is 4.98 Å². The standard InChI is InChI=1S/C44H36N2O2/c1-25(2)33-21-29(28-12-7-6-8-13-28)22-34(26(3)4)42(33)46-38-20-27(5)18-19-37(38)45-44(46)32-16-11-15-31-36-24-40-35(23-41(36)48-43(31)32)30-14-9-10-17-39(30)47-40/h6-26H,1-5H3. The van der Waals surface area contributed by atoms with E-state index in [1.54, 1.807) is 0 Å². The third-order valence-electron chi connectivity index (χ3n) is 9.79. The van der Waals surface area contributed by atoms with Crippen LogP contribution in [-0.4, -0.2) is 9.55 Å². The second kappa shape index (κ2) is 10.7. The maximum absolute atomic E-state index is 6.81. The van der Waals surface area contributed by atoms with Gasteiger partial charge in [-0.05, 0) is 95.1 Å². The second-order valence-electron chi connectivity index (χ2n) is 13.7. The van der Waals surface area contributed by atoms with Gasteiger partial charge in [-0.15, -0.1) is 0 Å². The van der Waals surface area contributed by atoms with Crippen molar-refractivity contribution in [3.63, 3.8) is 0 Å². The van der Waals surface area contributed by atoms with Crippen molar-refractivity contribution in [2.45, 2.75) is 46.5 Å². The number of aromatic nitrogens is 2. The minimum absolute atomic E-state index is 0.281. The first-order valence-electron chi connectivity index (χ1n) is 16.9. The monoisotopic (exact) mass is 624 g/mol. The van der Waals surface area contributed by atoms with Crippen LogP contribution in [0.15, 0.2) is 124 Å². The van der Waals surface area contributed by atoms with Crippen LogP contribution in [-0.2, 0) is 0 Å². The first-order chi connectivity index (χ1) is 23.4. The third-order valence-corrected chi connectivity index (χ3v) is 9.79. The normalized spacial score (nSPS) is 12.2. The summed E-state index contributed by atoms with van der Waals surface area (Å²) in [7, 11) is 0. The molecule has 3 aromatic heterocycles. The largest absolute Gasteiger partial charge is 0.456 e. The van der Waals surface area contributed by atoms with Crippen molar-refractivity contribution in [1.82, 2.24) is 9.55 Å². The van der Waals surface area contributed by atoms with E-state index in [1.165, 1.54) is 33.5 Å². The van der Waals surface area contributed by atoms with E-state index < -0.39 is 0 Å². The van der Waals surface area contributed by atoms with Gasteiger partial charge in [0.25, 0.3) is 0 Å². The zero-order valence-corrected chi connectivity index (χ0v) is 27.8. The predicted molar refractivity (Wildman–Crippen MR) is 199 cm³/mol. The number of aryl methyl sites for hydroxylation is 1. The van der Waals surface area contributed by atoms with Crippen molar-refractivity contribution >= 4 is 54.9 Å². The van der Waals surface area contributed by atoms with Crippen LogP contribution in [0, 0.1) is 6.92 Å². The molecule has 0 saturated carbocycles. The van der Waals surface area contributed by atoms with Crippen LogP contribution in [0.5, 0.6) is 0 Å². The Labute approximate surface area is 279 Å². The summed E-state index contributed by atoms with van der Waals surface area (Å²) in [5.74, 6) is 1.44. The fraction of sp³-hybridized carbons (Fsp3) is 0.159. The Morgan fingerprint density at radius 3 is 1.98 bits per heavy atom. The maximum atomic E-state index is 6.81. The van der Waals surface area contributed by atoms with Crippen molar-refractivity contribution in [1.29, 1.82) is 0 Å². The molecule has 0 aliphatic rings. The van der Waals surface area contributed by atoms with Crippen molar-refractivity contribution in [2.24, 2.45) is 0 Å². The fourth-order valence-corrected chi connectivity index (χ4v) is 7.40. The molecule has 48 heavy (non-hydrogen) atoms. The van der Waals surface area contributed by atoms with E-state index in [4.69, 9.17) is 13.8 Å². The topological polar surface area (TPSA) is 44.1 Å². The highest BCUT2D eigenvalue weighted by molar-refractivity contribution is 6.16. The van der Waals surface area contributed by atoms with Crippen LogP contribution < -0.4 is 0 Å². The molecule has 9 aromatic rings. The van der Waals surface area contributed by atoms with Crippen molar-refractivity contribution in [3.05, 3.63) is 132 Å². The first kappa shape index (κ1) is 28.6. The first-order valence-corrected chi connectivity index (χ1v) is 16.9. The smallest absolute Gasteiger partial charge is 0.149 e. The zero-order chi connectivity index (χ0) is 32.7. The average Bonchev–Trinajstić information content (AvgIpc) is 3.77. The van der Waals surface area contributed by atoms with Crippen molar-refractivity contribution in [3.8, 4) is 28.2 Å². The molecular weight excluding hydrogens is 588 g/mol. The third kappa shape index (κ3) is 4.32. The highest BCUT2D eigenvalue weighted by Crippen LogP contribution is 2.44. The van der Waals surface area contributed by atoms with E-state index in [2.05, 4.69) is 136 Å². The Morgan fingerprint density at radius 1 is 0.562 bits per heavy atom. The SMILES string of the molecule is Cc1ccc2nc(-c3cccc4c3oc3cc5c(cc34)oc3ccccc35)n(-c3c(C(C)C)cc(-c4ccccc4)cc3C(C)C)c2c1. The Bertz CT molecular complexity index is 2660. The van der Waals surface area contributed by atoms with Gasteiger partial charge in [-0.2, -0.15) is 0 Å². The number of fused-ring (bicyclic) bond motifs is 7. The van der Waals surface area contributed by atoms with Crippen LogP contribution >= 0.6 is 0 Å². The molecule has 4 heteroatoms. The van der Waals surface area contributed by atoms with Crippen molar-refractivity contribution < 1.29 is 8.83 Å². The number of imidazole rings is 1. The van der Waals surface area contributed by atoms with E-state index in [-0.39, 0.29) is 11.8 Å². The lowest BCUT2D eigenvalue weighted by atomic mass is 9.88. The van der Waals surface area contributed by atoms with Gasteiger partial charge in [-0.3, -0.25) is 4.57 Å². The molecule has 3 heterocycles. The molecule has 0 fully saturated rings. The van der Waals surface area contributed by atoms with Crippen molar-refractivity contribution in [2.75, 3.05) is 0 Å². The van der Waals surface area contributed by atoms with E-state index in [9.17, 15) is 0 Å². The molecule has 9 rings (SSSR count). The van der Waals surface area contributed by atoms with Gasteiger partial charge in [0.1, 0.15) is 28.2 Å². The van der Waals surface area contributed by atoms with E-state index in [0.29, 0.717) is 0 Å². The number of hydrogen-bond donors (Lipinski definition) is 0. The summed E-state index contributed by atoms with van der Waals surface area (Å²) < 4.78 is 15.5. The Balaban J connectivity index is 1.36. The molecule has 0 spiro atoms. The molecule has 0 radical (unpaired) electrons. The van der Waals surface area contributed by atoms with E-state index in [1.807, 2.05) is 18.2 Å². The van der Waals surface area contributed by atoms with Crippen LogP contribution in [0.3, 0.4) is 0 Å². The van der Waals surface area contributed by atoms with Gasteiger partial charge >= 0.3 is 0 Å². The molecule has 0 bridgehead atoms. The van der Waals surface area contributed by atoms with Gasteiger partial charge in [0.2, 0.25) is 0 Å². The minimum atomic E-state index is 0.281. The molecule has 0 unspecified atom stereocenters. The number of furan rings is 2. The Hall–Kier alpha value is -5.61. The number of rotatable bonds is 5. The molecule has 0 aliphatic carbocycles. The van der Waals surface area contributed by atoms with Crippen LogP contribution in [0.1, 0.15) is 56.2 Å². The summed E-state index contributed by atoms with van der Waals surface area (Å²) in [5, 5.41) is 4.23. The molecule has 0 N–H and O–H groups in total. The molecule has 6 aromatic carbocycles. The summed E-state index contributed by atoms with van der Waals surface area (Å²) in [6.45, 7) is 11.3. The number of hydrogen-bond acceptors (Lipinski definition) is 3. The van der Waals surface area contributed by atoms with Gasteiger partial charge in [0.15, 0.2) is 0 Å². The zero-order valence-electron chi connectivity index (χ0n) is 27.8. The Kier molecular flexibility index (Phi) is 6.38. The number of benzene rings is 6. The summed E-state index contributed by atoms with van der Waals surface area (Å²) in [5.41, 5.74) is 13.9.